The first-order chi connectivity index (χ1) is 10.4. The SMILES string of the molecule is O=C1c2ccccc2NS(=O)(=O)C1C1CCN(C(=O)O)CC1. The number of fused-ring (bicyclic) bond motifs is 1. The molecule has 2 N–H and O–H groups in total. The number of rotatable bonds is 1. The minimum absolute atomic E-state index is 0.251. The Labute approximate surface area is 128 Å². The number of nitrogens with one attached hydrogen (secondary N) is 1. The number of amides is 1. The Balaban J connectivity index is 1.88. The number of para-hydroxylation sites is 1. The van der Waals surface area contributed by atoms with Crippen LogP contribution in [0.25, 0.3) is 0 Å². The van der Waals surface area contributed by atoms with Crippen LogP contribution in [0.1, 0.15) is 23.2 Å². The molecule has 22 heavy (non-hydrogen) atoms. The van der Waals surface area contributed by atoms with Gasteiger partial charge in [-0.3, -0.25) is 9.52 Å². The van der Waals surface area contributed by atoms with Crippen molar-refractivity contribution in [3.8, 4) is 0 Å². The van der Waals surface area contributed by atoms with Crippen LogP contribution in [0.2, 0.25) is 0 Å². The molecule has 7 nitrogen and oxygen atoms in total. The Bertz CT molecular complexity index is 723. The van der Waals surface area contributed by atoms with E-state index < -0.39 is 27.1 Å². The summed E-state index contributed by atoms with van der Waals surface area (Å²) in [5.74, 6) is -0.767. The molecule has 1 fully saturated rings. The van der Waals surface area contributed by atoms with E-state index in [1.54, 1.807) is 24.3 Å². The second-order valence-corrected chi connectivity index (χ2v) is 7.39. The molecule has 118 valence electrons. The van der Waals surface area contributed by atoms with E-state index in [-0.39, 0.29) is 19.0 Å². The Kier molecular flexibility index (Phi) is 3.56. The highest BCUT2D eigenvalue weighted by atomic mass is 32.2. The molecule has 0 spiro atoms. The molecule has 1 aromatic carbocycles. The standard InChI is InChI=1S/C14H16N2O5S/c17-12-10-3-1-2-4-11(10)15-22(20,21)13(12)9-5-7-16(8-6-9)14(18)19/h1-4,9,13,15H,5-8H2,(H,18,19). The number of hydrogen-bond donors (Lipinski definition) is 2. The lowest BCUT2D eigenvalue weighted by molar-refractivity contribution is 0.0927. The maximum atomic E-state index is 12.6. The van der Waals surface area contributed by atoms with Crippen molar-refractivity contribution in [2.45, 2.75) is 18.1 Å². The Hall–Kier alpha value is -2.09. The third-order valence-corrected chi connectivity index (χ3v) is 6.05. The maximum Gasteiger partial charge on any atom is 0.407 e. The van der Waals surface area contributed by atoms with Gasteiger partial charge in [0.25, 0.3) is 0 Å². The largest absolute Gasteiger partial charge is 0.465 e. The summed E-state index contributed by atoms with van der Waals surface area (Å²) in [7, 11) is -3.79. The van der Waals surface area contributed by atoms with Crippen LogP contribution in [0, 0.1) is 5.92 Å². The van der Waals surface area contributed by atoms with Gasteiger partial charge in [-0.25, -0.2) is 13.2 Å². The number of anilines is 1. The molecular weight excluding hydrogens is 308 g/mol. The van der Waals surface area contributed by atoms with Gasteiger partial charge in [0.1, 0.15) is 5.25 Å². The zero-order valence-corrected chi connectivity index (χ0v) is 12.5. The van der Waals surface area contributed by atoms with E-state index in [4.69, 9.17) is 5.11 Å². The molecule has 2 aliphatic rings. The van der Waals surface area contributed by atoms with Gasteiger partial charge in [0.2, 0.25) is 10.0 Å². The number of Topliss-reactive ketones (excluding diaryl/α,β-unsaturated/α-hetero) is 1. The molecule has 1 atom stereocenters. The third kappa shape index (κ3) is 2.43. The van der Waals surface area contributed by atoms with Crippen molar-refractivity contribution < 1.29 is 23.1 Å². The van der Waals surface area contributed by atoms with Gasteiger partial charge >= 0.3 is 6.09 Å². The molecule has 1 saturated heterocycles. The Morgan fingerprint density at radius 1 is 1.23 bits per heavy atom. The molecule has 1 amide bonds. The van der Waals surface area contributed by atoms with Crippen molar-refractivity contribution in [2.24, 2.45) is 5.92 Å². The smallest absolute Gasteiger partial charge is 0.407 e. The van der Waals surface area contributed by atoms with Gasteiger partial charge in [-0.15, -0.1) is 0 Å². The molecule has 0 aromatic heterocycles. The Morgan fingerprint density at radius 3 is 2.50 bits per heavy atom. The molecule has 3 rings (SSSR count). The van der Waals surface area contributed by atoms with Crippen LogP contribution in [0.3, 0.4) is 0 Å². The van der Waals surface area contributed by atoms with Gasteiger partial charge < -0.3 is 10.0 Å². The lowest BCUT2D eigenvalue weighted by Gasteiger charge is -2.35. The summed E-state index contributed by atoms with van der Waals surface area (Å²) in [5.41, 5.74) is 0.690. The fourth-order valence-electron chi connectivity index (χ4n) is 3.16. The number of carbonyl (C=O) groups is 2. The second-order valence-electron chi connectivity index (χ2n) is 5.58. The summed E-state index contributed by atoms with van der Waals surface area (Å²) in [6.45, 7) is 0.502. The molecule has 2 aliphatic heterocycles. The first-order valence-corrected chi connectivity index (χ1v) is 8.57. The van der Waals surface area contributed by atoms with E-state index in [0.29, 0.717) is 24.1 Å². The van der Waals surface area contributed by atoms with Gasteiger partial charge in [-0.1, -0.05) is 12.1 Å². The van der Waals surface area contributed by atoms with Gasteiger partial charge in [-0.05, 0) is 30.9 Å². The maximum absolute atomic E-state index is 12.6. The molecule has 1 aromatic rings. The minimum Gasteiger partial charge on any atom is -0.465 e. The van der Waals surface area contributed by atoms with Crippen LogP contribution in [0.5, 0.6) is 0 Å². The van der Waals surface area contributed by atoms with Crippen LogP contribution in [-0.2, 0) is 10.0 Å². The summed E-state index contributed by atoms with van der Waals surface area (Å²) in [6.07, 6.45) is -0.280. The number of carbonyl (C=O) groups excluding carboxylic acids is 1. The van der Waals surface area contributed by atoms with Crippen LogP contribution in [0.15, 0.2) is 24.3 Å². The summed E-state index contributed by atoms with van der Waals surface area (Å²) < 4.78 is 27.3. The molecule has 8 heteroatoms. The summed E-state index contributed by atoms with van der Waals surface area (Å²) in [6, 6.07) is 6.54. The number of carboxylic acid groups (broad SMARTS) is 1. The van der Waals surface area contributed by atoms with Gasteiger partial charge in [0.05, 0.1) is 5.69 Å². The topological polar surface area (TPSA) is 104 Å². The van der Waals surface area contributed by atoms with Gasteiger partial charge in [0, 0.05) is 18.7 Å². The molecule has 1 unspecified atom stereocenters. The number of nitrogens with zero attached hydrogens (tertiary/aromatic N) is 1. The molecule has 0 bridgehead atoms. The average Bonchev–Trinajstić information content (AvgIpc) is 2.47. The van der Waals surface area contributed by atoms with Gasteiger partial charge in [-0.2, -0.15) is 0 Å². The van der Waals surface area contributed by atoms with E-state index >= 15 is 0 Å². The van der Waals surface area contributed by atoms with E-state index in [1.165, 1.54) is 4.90 Å². The summed E-state index contributed by atoms with van der Waals surface area (Å²) in [5, 5.41) is 7.81. The Morgan fingerprint density at radius 2 is 1.86 bits per heavy atom. The van der Waals surface area contributed by atoms with E-state index in [0.717, 1.165) is 0 Å². The summed E-state index contributed by atoms with van der Waals surface area (Å²) >= 11 is 0. The van der Waals surface area contributed by atoms with Crippen molar-refractivity contribution in [1.82, 2.24) is 4.90 Å². The molecule has 2 heterocycles. The van der Waals surface area contributed by atoms with E-state index in [1.807, 2.05) is 0 Å². The lowest BCUT2D eigenvalue weighted by atomic mass is 9.89. The average molecular weight is 324 g/mol. The molecule has 0 saturated carbocycles. The van der Waals surface area contributed by atoms with Crippen LogP contribution in [-0.4, -0.2) is 48.6 Å². The molecule has 0 radical (unpaired) electrons. The minimum atomic E-state index is -3.79. The van der Waals surface area contributed by atoms with Crippen molar-refractivity contribution in [1.29, 1.82) is 0 Å². The highest BCUT2D eigenvalue weighted by Crippen LogP contribution is 2.34. The van der Waals surface area contributed by atoms with Crippen molar-refractivity contribution in [3.63, 3.8) is 0 Å². The van der Waals surface area contributed by atoms with Crippen molar-refractivity contribution >= 4 is 27.6 Å². The highest BCUT2D eigenvalue weighted by Gasteiger charge is 2.45. The highest BCUT2D eigenvalue weighted by molar-refractivity contribution is 7.94. The van der Waals surface area contributed by atoms with E-state index in [2.05, 4.69) is 4.72 Å². The number of piperidine rings is 1. The fourth-order valence-corrected chi connectivity index (χ4v) is 4.96. The van der Waals surface area contributed by atoms with Gasteiger partial charge in [0.15, 0.2) is 5.78 Å². The zero-order valence-electron chi connectivity index (χ0n) is 11.7. The zero-order chi connectivity index (χ0) is 15.9. The van der Waals surface area contributed by atoms with Crippen molar-refractivity contribution in [3.05, 3.63) is 29.8 Å². The van der Waals surface area contributed by atoms with Crippen LogP contribution < -0.4 is 4.72 Å². The first-order valence-electron chi connectivity index (χ1n) is 7.03. The normalized spacial score (nSPS) is 24.5. The second kappa shape index (κ2) is 5.28. The number of hydrogen-bond acceptors (Lipinski definition) is 4. The number of benzene rings is 1. The summed E-state index contributed by atoms with van der Waals surface area (Å²) in [4.78, 5) is 24.8. The third-order valence-electron chi connectivity index (χ3n) is 4.28. The van der Waals surface area contributed by atoms with Crippen LogP contribution in [0.4, 0.5) is 10.5 Å². The fraction of sp³-hybridized carbons (Fsp3) is 0.429. The van der Waals surface area contributed by atoms with Crippen molar-refractivity contribution in [2.75, 3.05) is 17.8 Å². The predicted molar refractivity (Wildman–Crippen MR) is 79.4 cm³/mol. The number of likely N-dealkylation sites (tertiary alicyclic amines) is 1. The van der Waals surface area contributed by atoms with E-state index in [9.17, 15) is 18.0 Å². The predicted octanol–water partition coefficient (Wildman–Crippen LogP) is 1.38. The lowest BCUT2D eigenvalue weighted by Crippen LogP contribution is -2.49. The first kappa shape index (κ1) is 14.8. The molecular formula is C14H16N2O5S. The number of ketones is 1. The van der Waals surface area contributed by atoms with Crippen LogP contribution >= 0.6 is 0 Å². The molecule has 0 aliphatic carbocycles. The quantitative estimate of drug-likeness (QED) is 0.812. The monoisotopic (exact) mass is 324 g/mol. The number of sulfonamides is 1.